The predicted octanol–water partition coefficient (Wildman–Crippen LogP) is 2.54. The quantitative estimate of drug-likeness (QED) is 0.665. The molecule has 2 nitrogen and oxygen atoms in total. The molecule has 88 valence electrons. The third kappa shape index (κ3) is 1.95. The first-order valence-electron chi connectivity index (χ1n) is 6.75. The van der Waals surface area contributed by atoms with Gasteiger partial charge in [0.1, 0.15) is 5.78 Å². The number of allylic oxidation sites excluding steroid dienone is 2. The summed E-state index contributed by atoms with van der Waals surface area (Å²) in [4.78, 5) is 14.2. The molecular weight excluding hydrogens is 198 g/mol. The summed E-state index contributed by atoms with van der Waals surface area (Å²) >= 11 is 0. The Morgan fingerprint density at radius 3 is 2.50 bits per heavy atom. The van der Waals surface area contributed by atoms with Crippen molar-refractivity contribution in [3.63, 3.8) is 0 Å². The van der Waals surface area contributed by atoms with Gasteiger partial charge in [0.25, 0.3) is 0 Å². The summed E-state index contributed by atoms with van der Waals surface area (Å²) in [5, 5.41) is 0. The molecule has 0 radical (unpaired) electrons. The van der Waals surface area contributed by atoms with Gasteiger partial charge in [0.2, 0.25) is 0 Å². The molecule has 2 saturated heterocycles. The molecule has 2 fully saturated rings. The average Bonchev–Trinajstić information content (AvgIpc) is 2.54. The lowest BCUT2D eigenvalue weighted by Gasteiger charge is -2.36. The molecule has 0 amide bonds. The molecule has 2 bridgehead atoms. The van der Waals surface area contributed by atoms with Crippen LogP contribution in [0.25, 0.3) is 0 Å². The van der Waals surface area contributed by atoms with Crippen LogP contribution in [-0.4, -0.2) is 29.3 Å². The first-order chi connectivity index (χ1) is 7.83. The Balaban J connectivity index is 1.63. The lowest BCUT2D eigenvalue weighted by atomic mass is 9.91. The zero-order valence-electron chi connectivity index (χ0n) is 9.90. The summed E-state index contributed by atoms with van der Waals surface area (Å²) in [6.45, 7) is 1.24. The number of rotatable bonds is 2. The summed E-state index contributed by atoms with van der Waals surface area (Å²) in [6, 6.07) is 1.19. The number of carbonyl (C=O) groups is 1. The highest BCUT2D eigenvalue weighted by atomic mass is 16.1. The largest absolute Gasteiger partial charge is 0.300 e. The molecule has 3 atom stereocenters. The number of carbonyl (C=O) groups excluding carboxylic acids is 1. The van der Waals surface area contributed by atoms with Crippen molar-refractivity contribution in [3.8, 4) is 0 Å². The van der Waals surface area contributed by atoms with E-state index in [0.29, 0.717) is 17.9 Å². The number of nitrogens with zero attached hydrogens (tertiary/aromatic N) is 1. The standard InChI is InChI=1S/C14H21NO/c16-14-8-12-6-7-13(9-14)15(12)10-11-4-2-1-3-5-11/h1-2,11-13H,3-10H2. The fourth-order valence-electron chi connectivity index (χ4n) is 3.68. The second-order valence-electron chi connectivity index (χ2n) is 5.68. The van der Waals surface area contributed by atoms with Gasteiger partial charge in [-0.05, 0) is 38.0 Å². The molecule has 2 heterocycles. The van der Waals surface area contributed by atoms with Gasteiger partial charge in [0.05, 0.1) is 0 Å². The fraction of sp³-hybridized carbons (Fsp3) is 0.786. The maximum absolute atomic E-state index is 11.5. The summed E-state index contributed by atoms with van der Waals surface area (Å²) in [5.74, 6) is 1.36. The minimum absolute atomic E-state index is 0.507. The van der Waals surface area contributed by atoms with E-state index in [1.807, 2.05) is 0 Å². The normalized spacial score (nSPS) is 39.2. The van der Waals surface area contributed by atoms with Crippen molar-refractivity contribution in [3.05, 3.63) is 12.2 Å². The number of fused-ring (bicyclic) bond motifs is 2. The monoisotopic (exact) mass is 219 g/mol. The summed E-state index contributed by atoms with van der Waals surface area (Å²) in [5.41, 5.74) is 0. The van der Waals surface area contributed by atoms with E-state index in [4.69, 9.17) is 0 Å². The van der Waals surface area contributed by atoms with E-state index in [-0.39, 0.29) is 0 Å². The van der Waals surface area contributed by atoms with E-state index in [9.17, 15) is 4.79 Å². The topological polar surface area (TPSA) is 20.3 Å². The Kier molecular flexibility index (Phi) is 2.84. The van der Waals surface area contributed by atoms with Crippen LogP contribution in [0.2, 0.25) is 0 Å². The van der Waals surface area contributed by atoms with Crippen molar-refractivity contribution < 1.29 is 4.79 Å². The van der Waals surface area contributed by atoms with Crippen molar-refractivity contribution in [1.82, 2.24) is 4.90 Å². The maximum Gasteiger partial charge on any atom is 0.136 e. The molecule has 0 aromatic heterocycles. The Bertz CT molecular complexity index is 294. The van der Waals surface area contributed by atoms with Crippen molar-refractivity contribution in [2.45, 2.75) is 57.0 Å². The van der Waals surface area contributed by atoms with Crippen LogP contribution in [0.1, 0.15) is 44.9 Å². The molecular formula is C14H21NO. The number of hydrogen-bond donors (Lipinski definition) is 0. The second-order valence-corrected chi connectivity index (χ2v) is 5.68. The predicted molar refractivity (Wildman–Crippen MR) is 64.2 cm³/mol. The number of piperidine rings is 1. The van der Waals surface area contributed by atoms with E-state index < -0.39 is 0 Å². The number of Topliss-reactive ketones (excluding diaryl/α,β-unsaturated/α-hetero) is 1. The molecule has 0 aromatic carbocycles. The summed E-state index contributed by atoms with van der Waals surface area (Å²) < 4.78 is 0. The molecule has 0 aromatic rings. The second kappa shape index (κ2) is 4.33. The van der Waals surface area contributed by atoms with Crippen LogP contribution in [0.4, 0.5) is 0 Å². The van der Waals surface area contributed by atoms with Crippen LogP contribution in [0.3, 0.4) is 0 Å². The van der Waals surface area contributed by atoms with E-state index >= 15 is 0 Å². The maximum atomic E-state index is 11.5. The minimum Gasteiger partial charge on any atom is -0.300 e. The van der Waals surface area contributed by atoms with Crippen LogP contribution in [0.15, 0.2) is 12.2 Å². The van der Waals surface area contributed by atoms with Crippen molar-refractivity contribution in [2.24, 2.45) is 5.92 Å². The Morgan fingerprint density at radius 1 is 1.12 bits per heavy atom. The SMILES string of the molecule is O=C1CC2CCC(C1)N2CC1CC=CCC1. The van der Waals surface area contributed by atoms with Gasteiger partial charge < -0.3 is 0 Å². The zero-order chi connectivity index (χ0) is 11.0. The van der Waals surface area contributed by atoms with Crippen LogP contribution in [-0.2, 0) is 4.79 Å². The van der Waals surface area contributed by atoms with Crippen LogP contribution in [0.5, 0.6) is 0 Å². The number of ketones is 1. The van der Waals surface area contributed by atoms with Crippen molar-refractivity contribution >= 4 is 5.78 Å². The lowest BCUT2D eigenvalue weighted by Crippen LogP contribution is -2.45. The smallest absolute Gasteiger partial charge is 0.136 e. The van der Waals surface area contributed by atoms with E-state index in [0.717, 1.165) is 18.8 Å². The molecule has 3 rings (SSSR count). The summed E-state index contributed by atoms with van der Waals surface area (Å²) in [6.07, 6.45) is 12.7. The van der Waals surface area contributed by atoms with Gasteiger partial charge in [-0.1, -0.05) is 12.2 Å². The van der Waals surface area contributed by atoms with Gasteiger partial charge in [-0.25, -0.2) is 0 Å². The van der Waals surface area contributed by atoms with Crippen LogP contribution >= 0.6 is 0 Å². The highest BCUT2D eigenvalue weighted by Crippen LogP contribution is 2.35. The molecule has 2 aliphatic heterocycles. The van der Waals surface area contributed by atoms with Crippen LogP contribution < -0.4 is 0 Å². The van der Waals surface area contributed by atoms with Crippen LogP contribution in [0, 0.1) is 5.92 Å². The van der Waals surface area contributed by atoms with Crippen molar-refractivity contribution in [2.75, 3.05) is 6.54 Å². The highest BCUT2D eigenvalue weighted by molar-refractivity contribution is 5.80. The van der Waals surface area contributed by atoms with Gasteiger partial charge in [-0.3, -0.25) is 9.69 Å². The third-order valence-electron chi connectivity index (χ3n) is 4.54. The van der Waals surface area contributed by atoms with Gasteiger partial charge in [0, 0.05) is 31.5 Å². The fourth-order valence-corrected chi connectivity index (χ4v) is 3.68. The highest BCUT2D eigenvalue weighted by Gasteiger charge is 2.40. The van der Waals surface area contributed by atoms with Gasteiger partial charge in [-0.2, -0.15) is 0 Å². The van der Waals surface area contributed by atoms with E-state index in [2.05, 4.69) is 17.1 Å². The van der Waals surface area contributed by atoms with Gasteiger partial charge in [-0.15, -0.1) is 0 Å². The molecule has 16 heavy (non-hydrogen) atoms. The van der Waals surface area contributed by atoms with E-state index in [1.54, 1.807) is 0 Å². The molecule has 2 heteroatoms. The van der Waals surface area contributed by atoms with E-state index in [1.165, 1.54) is 38.6 Å². The third-order valence-corrected chi connectivity index (χ3v) is 4.54. The Labute approximate surface area is 97.7 Å². The Hall–Kier alpha value is -0.630. The van der Waals surface area contributed by atoms with Crippen molar-refractivity contribution in [1.29, 1.82) is 0 Å². The minimum atomic E-state index is 0.507. The molecule has 3 aliphatic rings. The first-order valence-corrected chi connectivity index (χ1v) is 6.75. The molecule has 3 unspecified atom stereocenters. The van der Waals surface area contributed by atoms with Gasteiger partial charge >= 0.3 is 0 Å². The Morgan fingerprint density at radius 2 is 1.88 bits per heavy atom. The molecule has 0 spiro atoms. The lowest BCUT2D eigenvalue weighted by molar-refractivity contribution is -0.123. The molecule has 0 saturated carbocycles. The first kappa shape index (κ1) is 10.5. The molecule has 1 aliphatic carbocycles. The average molecular weight is 219 g/mol. The number of hydrogen-bond acceptors (Lipinski definition) is 2. The van der Waals surface area contributed by atoms with Gasteiger partial charge in [0.15, 0.2) is 0 Å². The molecule has 0 N–H and O–H groups in total. The zero-order valence-corrected chi connectivity index (χ0v) is 9.90. The summed E-state index contributed by atoms with van der Waals surface area (Å²) in [7, 11) is 0.